The average molecular weight is 341 g/mol. The molecule has 1 fully saturated rings. The van der Waals surface area contributed by atoms with Gasteiger partial charge >= 0.3 is 6.03 Å². The number of nitrogens with zero attached hydrogens (tertiary/aromatic N) is 2. The van der Waals surface area contributed by atoms with Gasteiger partial charge in [-0.05, 0) is 37.0 Å². The lowest BCUT2D eigenvalue weighted by Gasteiger charge is -2.27. The molecule has 3 nitrogen and oxygen atoms in total. The third-order valence-electron chi connectivity index (χ3n) is 3.71. The number of amides is 2. The summed E-state index contributed by atoms with van der Waals surface area (Å²) in [6, 6.07) is 5.11. The monoisotopic (exact) mass is 340 g/mol. The van der Waals surface area contributed by atoms with Crippen LogP contribution in [0.4, 0.5) is 4.79 Å². The molecule has 0 N–H and O–H groups in total. The van der Waals surface area contributed by atoms with Gasteiger partial charge in [-0.3, -0.25) is 0 Å². The summed E-state index contributed by atoms with van der Waals surface area (Å²) in [5.74, 6) is 0.916. The van der Waals surface area contributed by atoms with Crippen LogP contribution in [0.1, 0.15) is 31.2 Å². The lowest BCUT2D eigenvalue weighted by atomic mass is 9.87. The van der Waals surface area contributed by atoms with Crippen molar-refractivity contribution in [2.75, 3.05) is 0 Å². The van der Waals surface area contributed by atoms with Gasteiger partial charge in [0, 0.05) is 27.4 Å². The highest BCUT2D eigenvalue weighted by Crippen LogP contribution is 2.33. The SMILES string of the molecule is O=C1N=C2CCCCC2C(SCc2ccc(Cl)cc2Cl)=N1. The zero-order valence-electron chi connectivity index (χ0n) is 11.3. The van der Waals surface area contributed by atoms with Gasteiger partial charge in [0.1, 0.15) is 0 Å². The number of halogens is 2. The summed E-state index contributed by atoms with van der Waals surface area (Å²) in [4.78, 5) is 19.8. The number of hydrogen-bond acceptors (Lipinski definition) is 2. The number of carbonyl (C=O) groups is 1. The second-order valence-corrected chi connectivity index (χ2v) is 7.00. The van der Waals surface area contributed by atoms with Crippen molar-refractivity contribution in [3.05, 3.63) is 33.8 Å². The molecule has 1 unspecified atom stereocenters. The Bertz CT molecular complexity index is 643. The van der Waals surface area contributed by atoms with Crippen LogP contribution in [-0.4, -0.2) is 16.8 Å². The fourth-order valence-corrected chi connectivity index (χ4v) is 4.35. The Hall–Kier alpha value is -0.840. The van der Waals surface area contributed by atoms with E-state index in [1.165, 1.54) is 6.42 Å². The normalized spacial score (nSPS) is 21.6. The molecule has 1 aliphatic carbocycles. The summed E-state index contributed by atoms with van der Waals surface area (Å²) in [5, 5.41) is 2.16. The van der Waals surface area contributed by atoms with Gasteiger partial charge in [-0.15, -0.1) is 11.8 Å². The molecular weight excluding hydrogens is 327 g/mol. The summed E-state index contributed by atoms with van der Waals surface area (Å²) >= 11 is 13.7. The van der Waals surface area contributed by atoms with E-state index in [0.717, 1.165) is 35.6 Å². The van der Waals surface area contributed by atoms with Crippen LogP contribution >= 0.6 is 35.0 Å². The van der Waals surface area contributed by atoms with E-state index in [4.69, 9.17) is 23.2 Å². The Morgan fingerprint density at radius 2 is 2.10 bits per heavy atom. The highest BCUT2D eigenvalue weighted by molar-refractivity contribution is 8.13. The molecule has 6 heteroatoms. The molecule has 21 heavy (non-hydrogen) atoms. The molecule has 0 aromatic heterocycles. The Balaban J connectivity index is 1.73. The number of carbonyl (C=O) groups excluding carboxylic acids is 1. The van der Waals surface area contributed by atoms with Crippen LogP contribution in [-0.2, 0) is 5.75 Å². The van der Waals surface area contributed by atoms with Crippen molar-refractivity contribution in [1.82, 2.24) is 0 Å². The minimum Gasteiger partial charge on any atom is -0.244 e. The molecule has 0 bridgehead atoms. The molecule has 3 rings (SSSR count). The molecule has 1 heterocycles. The van der Waals surface area contributed by atoms with Gasteiger partial charge in [-0.2, -0.15) is 4.99 Å². The van der Waals surface area contributed by atoms with Crippen molar-refractivity contribution in [3.63, 3.8) is 0 Å². The van der Waals surface area contributed by atoms with Crippen molar-refractivity contribution in [2.24, 2.45) is 15.9 Å². The topological polar surface area (TPSA) is 41.8 Å². The van der Waals surface area contributed by atoms with Gasteiger partial charge in [0.15, 0.2) is 0 Å². The van der Waals surface area contributed by atoms with Crippen molar-refractivity contribution < 1.29 is 4.79 Å². The van der Waals surface area contributed by atoms with Gasteiger partial charge in [0.05, 0.1) is 5.04 Å². The maximum Gasteiger partial charge on any atom is 0.367 e. The zero-order chi connectivity index (χ0) is 14.8. The molecule has 0 radical (unpaired) electrons. The smallest absolute Gasteiger partial charge is 0.244 e. The van der Waals surface area contributed by atoms with Gasteiger partial charge in [-0.1, -0.05) is 35.7 Å². The minimum absolute atomic E-state index is 0.229. The third kappa shape index (κ3) is 3.50. The molecule has 1 aromatic carbocycles. The maximum atomic E-state index is 11.6. The Kier molecular flexibility index (Phi) is 4.67. The lowest BCUT2D eigenvalue weighted by molar-refractivity contribution is 0.256. The van der Waals surface area contributed by atoms with Gasteiger partial charge < -0.3 is 0 Å². The fraction of sp³-hybridized carbons (Fsp3) is 0.400. The fourth-order valence-electron chi connectivity index (χ4n) is 2.64. The second-order valence-electron chi connectivity index (χ2n) is 5.16. The van der Waals surface area contributed by atoms with E-state index in [2.05, 4.69) is 9.98 Å². The summed E-state index contributed by atoms with van der Waals surface area (Å²) in [6.45, 7) is 0. The van der Waals surface area contributed by atoms with Gasteiger partial charge in [0.2, 0.25) is 0 Å². The largest absolute Gasteiger partial charge is 0.367 e. The number of fused-ring (bicyclic) bond motifs is 1. The van der Waals surface area contributed by atoms with Crippen molar-refractivity contribution in [2.45, 2.75) is 31.4 Å². The van der Waals surface area contributed by atoms with Crippen LogP contribution in [0.15, 0.2) is 28.2 Å². The highest BCUT2D eigenvalue weighted by atomic mass is 35.5. The summed E-state index contributed by atoms with van der Waals surface area (Å²) in [7, 11) is 0. The lowest BCUT2D eigenvalue weighted by Crippen LogP contribution is -2.30. The highest BCUT2D eigenvalue weighted by Gasteiger charge is 2.30. The van der Waals surface area contributed by atoms with Gasteiger partial charge in [-0.25, -0.2) is 9.79 Å². The molecule has 1 aromatic rings. The predicted molar refractivity (Wildman–Crippen MR) is 90.0 cm³/mol. The van der Waals surface area contributed by atoms with E-state index in [1.807, 2.05) is 12.1 Å². The van der Waals surface area contributed by atoms with Crippen LogP contribution in [0.25, 0.3) is 0 Å². The number of aliphatic imine (C=N–C) groups is 2. The Morgan fingerprint density at radius 1 is 1.24 bits per heavy atom. The molecular formula is C15H14Cl2N2OS. The standard InChI is InChI=1S/C15H14Cl2N2OS/c16-10-6-5-9(12(17)7-10)8-21-14-11-3-1-2-4-13(11)18-15(20)19-14/h5-7,11H,1-4,8H2. The number of urea groups is 1. The van der Waals surface area contributed by atoms with Crippen LogP contribution in [0.5, 0.6) is 0 Å². The molecule has 1 atom stereocenters. The van der Waals surface area contributed by atoms with Gasteiger partial charge in [0.25, 0.3) is 0 Å². The van der Waals surface area contributed by atoms with Crippen molar-refractivity contribution >= 4 is 51.8 Å². The molecule has 2 aliphatic rings. The number of hydrogen-bond donors (Lipinski definition) is 0. The average Bonchev–Trinajstić information content (AvgIpc) is 2.46. The first-order valence-electron chi connectivity index (χ1n) is 6.90. The molecule has 2 amide bonds. The first kappa shape index (κ1) is 15.1. The van der Waals surface area contributed by atoms with Crippen molar-refractivity contribution in [3.8, 4) is 0 Å². The quantitative estimate of drug-likeness (QED) is 0.724. The van der Waals surface area contributed by atoms with E-state index in [0.29, 0.717) is 15.8 Å². The van der Waals surface area contributed by atoms with E-state index in [-0.39, 0.29) is 11.9 Å². The minimum atomic E-state index is -0.368. The number of rotatable bonds is 2. The predicted octanol–water partition coefficient (Wildman–Crippen LogP) is 5.39. The molecule has 0 saturated heterocycles. The first-order valence-corrected chi connectivity index (χ1v) is 8.64. The van der Waals surface area contributed by atoms with E-state index >= 15 is 0 Å². The maximum absolute atomic E-state index is 11.6. The summed E-state index contributed by atoms with van der Waals surface area (Å²) in [5.41, 5.74) is 2.01. The van der Waals surface area contributed by atoms with Crippen molar-refractivity contribution in [1.29, 1.82) is 0 Å². The van der Waals surface area contributed by atoms with Crippen LogP contribution in [0.2, 0.25) is 10.0 Å². The summed E-state index contributed by atoms with van der Waals surface area (Å²) in [6.07, 6.45) is 4.23. The van der Waals surface area contributed by atoms with Crippen LogP contribution in [0, 0.1) is 5.92 Å². The third-order valence-corrected chi connectivity index (χ3v) is 5.43. The molecule has 1 aliphatic heterocycles. The van der Waals surface area contributed by atoms with E-state index < -0.39 is 0 Å². The Labute approximate surface area is 137 Å². The summed E-state index contributed by atoms with van der Waals surface area (Å²) < 4.78 is 0. The Morgan fingerprint density at radius 3 is 2.90 bits per heavy atom. The molecule has 1 saturated carbocycles. The second kappa shape index (κ2) is 6.51. The number of thioether (sulfide) groups is 1. The first-order chi connectivity index (χ1) is 10.1. The molecule has 0 spiro atoms. The van der Waals surface area contributed by atoms with E-state index in [1.54, 1.807) is 17.8 Å². The zero-order valence-corrected chi connectivity index (χ0v) is 13.6. The number of benzene rings is 1. The van der Waals surface area contributed by atoms with E-state index in [9.17, 15) is 4.79 Å². The van der Waals surface area contributed by atoms with Crippen LogP contribution < -0.4 is 0 Å². The molecule has 110 valence electrons. The van der Waals surface area contributed by atoms with Crippen LogP contribution in [0.3, 0.4) is 0 Å².